The van der Waals surface area contributed by atoms with Crippen molar-refractivity contribution in [1.82, 2.24) is 19.9 Å². The number of carbonyl (C=O) groups excluding carboxylic acids is 1. The zero-order valence-corrected chi connectivity index (χ0v) is 14.1. The van der Waals surface area contributed by atoms with E-state index in [1.165, 1.54) is 0 Å². The smallest absolute Gasteiger partial charge is 0.244 e. The number of rotatable bonds is 4. The van der Waals surface area contributed by atoms with Crippen molar-refractivity contribution >= 4 is 27.9 Å². The molecule has 0 spiro atoms. The first-order chi connectivity index (χ1) is 12.1. The van der Waals surface area contributed by atoms with Gasteiger partial charge in [-0.05, 0) is 31.2 Å². The Morgan fingerprint density at radius 3 is 2.80 bits per heavy atom. The lowest BCUT2D eigenvalue weighted by atomic mass is 10.2. The van der Waals surface area contributed by atoms with E-state index in [1.807, 2.05) is 61.5 Å². The molecule has 0 saturated heterocycles. The highest BCUT2D eigenvalue weighted by Crippen LogP contribution is 2.26. The number of nitrogens with zero attached hydrogens (tertiary/aromatic N) is 4. The van der Waals surface area contributed by atoms with Crippen molar-refractivity contribution in [2.75, 3.05) is 7.05 Å². The summed E-state index contributed by atoms with van der Waals surface area (Å²) in [5.74, 6) is 0.712. The van der Waals surface area contributed by atoms with E-state index in [1.54, 1.807) is 16.6 Å². The van der Waals surface area contributed by atoms with Crippen molar-refractivity contribution in [2.45, 2.75) is 19.5 Å². The third-order valence-corrected chi connectivity index (χ3v) is 4.54. The van der Waals surface area contributed by atoms with Crippen LogP contribution in [-0.2, 0) is 11.3 Å². The Bertz CT molecular complexity index is 1020. The zero-order chi connectivity index (χ0) is 17.4. The normalized spacial score (nSPS) is 12.6. The molecule has 1 amide bonds. The standard InChI is InChI=1S/C19H18N4O2/c1-13(18-11-14-7-3-6-10-17(14)25-18)22(2)19(24)12-23-16-9-5-4-8-15(16)20-21-23/h3-11,13H,12H2,1-2H3. The average molecular weight is 334 g/mol. The molecule has 2 heterocycles. The predicted molar refractivity (Wildman–Crippen MR) is 94.9 cm³/mol. The quantitative estimate of drug-likeness (QED) is 0.574. The zero-order valence-electron chi connectivity index (χ0n) is 14.1. The molecule has 0 bridgehead atoms. The van der Waals surface area contributed by atoms with E-state index in [0.717, 1.165) is 27.8 Å². The Morgan fingerprint density at radius 2 is 1.96 bits per heavy atom. The van der Waals surface area contributed by atoms with Gasteiger partial charge in [-0.1, -0.05) is 35.5 Å². The number of amides is 1. The topological polar surface area (TPSA) is 64.2 Å². The minimum Gasteiger partial charge on any atom is -0.459 e. The van der Waals surface area contributed by atoms with Crippen LogP contribution < -0.4 is 0 Å². The second-order valence-electron chi connectivity index (χ2n) is 6.10. The van der Waals surface area contributed by atoms with E-state index >= 15 is 0 Å². The van der Waals surface area contributed by atoms with E-state index in [4.69, 9.17) is 4.42 Å². The van der Waals surface area contributed by atoms with Gasteiger partial charge in [0.05, 0.1) is 11.6 Å². The average Bonchev–Trinajstić information content (AvgIpc) is 3.25. The van der Waals surface area contributed by atoms with Crippen LogP contribution in [0.15, 0.2) is 59.0 Å². The summed E-state index contributed by atoms with van der Waals surface area (Å²) in [6.07, 6.45) is 0. The van der Waals surface area contributed by atoms with Crippen LogP contribution in [0.2, 0.25) is 0 Å². The van der Waals surface area contributed by atoms with Gasteiger partial charge in [-0.15, -0.1) is 5.10 Å². The Morgan fingerprint density at radius 1 is 1.20 bits per heavy atom. The summed E-state index contributed by atoms with van der Waals surface area (Å²) >= 11 is 0. The van der Waals surface area contributed by atoms with Gasteiger partial charge in [0.25, 0.3) is 0 Å². The molecular formula is C19H18N4O2. The summed E-state index contributed by atoms with van der Waals surface area (Å²) in [7, 11) is 1.78. The number of likely N-dealkylation sites (N-methyl/N-ethyl adjacent to an activating group) is 1. The lowest BCUT2D eigenvalue weighted by Crippen LogP contribution is -2.32. The molecule has 6 heteroatoms. The van der Waals surface area contributed by atoms with Gasteiger partial charge < -0.3 is 9.32 Å². The van der Waals surface area contributed by atoms with Gasteiger partial charge in [0, 0.05) is 12.4 Å². The first kappa shape index (κ1) is 15.4. The van der Waals surface area contributed by atoms with Crippen LogP contribution in [0.4, 0.5) is 0 Å². The third-order valence-electron chi connectivity index (χ3n) is 4.54. The molecular weight excluding hydrogens is 316 g/mol. The predicted octanol–water partition coefficient (Wildman–Crippen LogP) is 3.40. The second-order valence-corrected chi connectivity index (χ2v) is 6.10. The molecule has 0 aliphatic rings. The Labute approximate surface area is 144 Å². The molecule has 2 aromatic carbocycles. The molecule has 1 unspecified atom stereocenters. The van der Waals surface area contributed by atoms with Crippen LogP contribution in [-0.4, -0.2) is 32.8 Å². The van der Waals surface area contributed by atoms with Crippen LogP contribution >= 0.6 is 0 Å². The van der Waals surface area contributed by atoms with Crippen molar-refractivity contribution in [2.24, 2.45) is 0 Å². The fourth-order valence-electron chi connectivity index (χ4n) is 2.89. The van der Waals surface area contributed by atoms with E-state index in [-0.39, 0.29) is 18.5 Å². The van der Waals surface area contributed by atoms with Crippen LogP contribution in [0.5, 0.6) is 0 Å². The van der Waals surface area contributed by atoms with Crippen LogP contribution in [0.25, 0.3) is 22.0 Å². The number of hydrogen-bond acceptors (Lipinski definition) is 4. The molecule has 2 aromatic heterocycles. The summed E-state index contributed by atoms with van der Waals surface area (Å²) < 4.78 is 7.50. The first-order valence-corrected chi connectivity index (χ1v) is 8.16. The number of benzene rings is 2. The molecule has 0 aliphatic carbocycles. The Kier molecular flexibility index (Phi) is 3.72. The lowest BCUT2D eigenvalue weighted by molar-refractivity contribution is -0.132. The molecule has 0 radical (unpaired) electrons. The first-order valence-electron chi connectivity index (χ1n) is 8.16. The summed E-state index contributed by atoms with van der Waals surface area (Å²) in [4.78, 5) is 14.4. The van der Waals surface area contributed by atoms with Crippen molar-refractivity contribution in [3.05, 3.63) is 60.4 Å². The maximum Gasteiger partial charge on any atom is 0.244 e. The molecule has 6 nitrogen and oxygen atoms in total. The van der Waals surface area contributed by atoms with E-state index in [0.29, 0.717) is 0 Å². The van der Waals surface area contributed by atoms with Crippen LogP contribution in [0.1, 0.15) is 18.7 Å². The molecule has 1 atom stereocenters. The van der Waals surface area contributed by atoms with Crippen LogP contribution in [0.3, 0.4) is 0 Å². The highest BCUT2D eigenvalue weighted by Gasteiger charge is 2.21. The molecule has 0 fully saturated rings. The number of hydrogen-bond donors (Lipinski definition) is 0. The lowest BCUT2D eigenvalue weighted by Gasteiger charge is -2.23. The largest absolute Gasteiger partial charge is 0.459 e. The van der Waals surface area contributed by atoms with Gasteiger partial charge in [0.15, 0.2) is 0 Å². The summed E-state index contributed by atoms with van der Waals surface area (Å²) in [5, 5.41) is 9.20. The van der Waals surface area contributed by atoms with Gasteiger partial charge in [-0.25, -0.2) is 4.68 Å². The summed E-state index contributed by atoms with van der Waals surface area (Å²) in [5.41, 5.74) is 2.45. The SMILES string of the molecule is CC(c1cc2ccccc2o1)N(C)C(=O)Cn1nnc2ccccc21. The van der Waals surface area contributed by atoms with Crippen LogP contribution in [0, 0.1) is 0 Å². The highest BCUT2D eigenvalue weighted by atomic mass is 16.3. The Hall–Kier alpha value is -3.15. The van der Waals surface area contributed by atoms with Gasteiger partial charge >= 0.3 is 0 Å². The highest BCUT2D eigenvalue weighted by molar-refractivity contribution is 5.81. The van der Waals surface area contributed by atoms with Crippen molar-refractivity contribution < 1.29 is 9.21 Å². The number of carbonyl (C=O) groups is 1. The van der Waals surface area contributed by atoms with Gasteiger partial charge in [-0.2, -0.15) is 0 Å². The number of aromatic nitrogens is 3. The summed E-state index contributed by atoms with van der Waals surface area (Å²) in [6.45, 7) is 2.09. The van der Waals surface area contributed by atoms with Gasteiger partial charge in [-0.3, -0.25) is 4.79 Å². The molecule has 4 rings (SSSR count). The van der Waals surface area contributed by atoms with Crippen molar-refractivity contribution in [1.29, 1.82) is 0 Å². The summed E-state index contributed by atoms with van der Waals surface area (Å²) in [6, 6.07) is 17.2. The maximum absolute atomic E-state index is 12.7. The minimum atomic E-state index is -0.172. The molecule has 25 heavy (non-hydrogen) atoms. The minimum absolute atomic E-state index is 0.0522. The third kappa shape index (κ3) is 2.76. The Balaban J connectivity index is 1.55. The second kappa shape index (κ2) is 6.05. The van der Waals surface area contributed by atoms with Gasteiger partial charge in [0.2, 0.25) is 5.91 Å². The number of furan rings is 1. The molecule has 4 aromatic rings. The fraction of sp³-hybridized carbons (Fsp3) is 0.211. The van der Waals surface area contributed by atoms with Gasteiger partial charge in [0.1, 0.15) is 23.4 Å². The molecule has 0 N–H and O–H groups in total. The van der Waals surface area contributed by atoms with Crippen molar-refractivity contribution in [3.8, 4) is 0 Å². The molecule has 0 saturated carbocycles. The monoisotopic (exact) mass is 334 g/mol. The van der Waals surface area contributed by atoms with E-state index < -0.39 is 0 Å². The number of para-hydroxylation sites is 2. The van der Waals surface area contributed by atoms with Crippen molar-refractivity contribution in [3.63, 3.8) is 0 Å². The van der Waals surface area contributed by atoms with E-state index in [2.05, 4.69) is 10.3 Å². The number of fused-ring (bicyclic) bond motifs is 2. The fourth-order valence-corrected chi connectivity index (χ4v) is 2.89. The molecule has 0 aliphatic heterocycles. The maximum atomic E-state index is 12.7. The molecule has 126 valence electrons. The van der Waals surface area contributed by atoms with E-state index in [9.17, 15) is 4.79 Å².